The van der Waals surface area contributed by atoms with Crippen LogP contribution in [0.4, 0.5) is 11.5 Å². The van der Waals surface area contributed by atoms with Gasteiger partial charge < -0.3 is 10.2 Å². The highest BCUT2D eigenvalue weighted by atomic mass is 35.5. The third-order valence-electron chi connectivity index (χ3n) is 3.73. The van der Waals surface area contributed by atoms with E-state index in [0.717, 1.165) is 24.6 Å². The average Bonchev–Trinajstić information content (AvgIpc) is 3.01. The summed E-state index contributed by atoms with van der Waals surface area (Å²) in [7, 11) is 0. The van der Waals surface area contributed by atoms with Crippen molar-refractivity contribution in [3.8, 4) is 0 Å². The van der Waals surface area contributed by atoms with Crippen molar-refractivity contribution in [3.05, 3.63) is 54.2 Å². The third kappa shape index (κ3) is 2.99. The number of hydrogen-bond acceptors (Lipinski definition) is 3. The van der Waals surface area contributed by atoms with Crippen molar-refractivity contribution in [3.63, 3.8) is 0 Å². The van der Waals surface area contributed by atoms with E-state index in [1.807, 2.05) is 35.0 Å². The van der Waals surface area contributed by atoms with Crippen molar-refractivity contribution in [2.75, 3.05) is 18.0 Å². The fourth-order valence-corrected chi connectivity index (χ4v) is 2.78. The van der Waals surface area contributed by atoms with Crippen LogP contribution < -0.4 is 10.2 Å². The quantitative estimate of drug-likeness (QED) is 0.882. The van der Waals surface area contributed by atoms with Crippen molar-refractivity contribution in [2.24, 2.45) is 5.92 Å². The van der Waals surface area contributed by atoms with E-state index < -0.39 is 0 Å². The second kappa shape index (κ2) is 6.23. The minimum absolute atomic E-state index is 0.149. The summed E-state index contributed by atoms with van der Waals surface area (Å²) in [4.78, 5) is 13.6. The number of benzene rings is 1. The first kappa shape index (κ1) is 14.7. The minimum atomic E-state index is -0.149. The van der Waals surface area contributed by atoms with Gasteiger partial charge in [0.05, 0.1) is 6.20 Å². The molecule has 0 unspecified atom stereocenters. The maximum absolute atomic E-state index is 11.4. The van der Waals surface area contributed by atoms with E-state index in [-0.39, 0.29) is 11.8 Å². The molecule has 22 heavy (non-hydrogen) atoms. The Morgan fingerprint density at radius 1 is 1.36 bits per heavy atom. The van der Waals surface area contributed by atoms with Crippen LogP contribution in [-0.2, 0) is 11.3 Å². The van der Waals surface area contributed by atoms with E-state index in [1.54, 1.807) is 6.20 Å². The standard InChI is InChI=1S/C16H17ClN4O/c1-2-15(22)18-9-12-10-20(14-5-3-13(17)4-6-14)16-7-8-19-21(16)11-12/h2-8,12H,1,9-11H2,(H,18,22)/t12-/m1/s1. The number of fused-ring (bicyclic) bond motifs is 1. The summed E-state index contributed by atoms with van der Waals surface area (Å²) < 4.78 is 1.96. The van der Waals surface area contributed by atoms with Crippen LogP contribution in [0, 0.1) is 5.92 Å². The molecular formula is C16H17ClN4O. The highest BCUT2D eigenvalue weighted by molar-refractivity contribution is 6.30. The zero-order valence-corrected chi connectivity index (χ0v) is 12.8. The lowest BCUT2D eigenvalue weighted by Gasteiger charge is -2.34. The summed E-state index contributed by atoms with van der Waals surface area (Å²) >= 11 is 5.97. The largest absolute Gasteiger partial charge is 0.352 e. The van der Waals surface area contributed by atoms with Crippen LogP contribution in [0.5, 0.6) is 0 Å². The lowest BCUT2D eigenvalue weighted by atomic mass is 10.1. The van der Waals surface area contributed by atoms with Gasteiger partial charge in [0.1, 0.15) is 5.82 Å². The first-order valence-electron chi connectivity index (χ1n) is 7.12. The number of amides is 1. The van der Waals surface area contributed by atoms with Crippen LogP contribution in [0.25, 0.3) is 0 Å². The van der Waals surface area contributed by atoms with E-state index in [2.05, 4.69) is 21.9 Å². The number of nitrogens with zero attached hydrogens (tertiary/aromatic N) is 3. The minimum Gasteiger partial charge on any atom is -0.352 e. The van der Waals surface area contributed by atoms with Crippen molar-refractivity contribution in [1.29, 1.82) is 0 Å². The van der Waals surface area contributed by atoms with Gasteiger partial charge in [-0.1, -0.05) is 18.2 Å². The summed E-state index contributed by atoms with van der Waals surface area (Å²) in [6.07, 6.45) is 3.09. The number of nitrogens with one attached hydrogen (secondary N) is 1. The number of halogens is 1. The van der Waals surface area contributed by atoms with Gasteiger partial charge in [0.2, 0.25) is 5.91 Å². The van der Waals surface area contributed by atoms with Crippen molar-refractivity contribution < 1.29 is 4.79 Å². The molecular weight excluding hydrogens is 300 g/mol. The lowest BCUT2D eigenvalue weighted by Crippen LogP contribution is -2.41. The molecule has 1 atom stereocenters. The van der Waals surface area contributed by atoms with Gasteiger partial charge in [-0.2, -0.15) is 5.10 Å². The van der Waals surface area contributed by atoms with Gasteiger partial charge in [-0.15, -0.1) is 0 Å². The normalized spacial score (nSPS) is 17.0. The molecule has 2 aromatic rings. The highest BCUT2D eigenvalue weighted by Crippen LogP contribution is 2.31. The first-order chi connectivity index (χ1) is 10.7. The summed E-state index contributed by atoms with van der Waals surface area (Å²) in [5.74, 6) is 1.17. The monoisotopic (exact) mass is 316 g/mol. The predicted molar refractivity (Wildman–Crippen MR) is 87.4 cm³/mol. The van der Waals surface area contributed by atoms with Gasteiger partial charge in [0.25, 0.3) is 0 Å². The van der Waals surface area contributed by atoms with Crippen molar-refractivity contribution in [1.82, 2.24) is 15.1 Å². The summed E-state index contributed by atoms with van der Waals surface area (Å²) in [6.45, 7) is 5.65. The molecule has 1 N–H and O–H groups in total. The number of aromatic nitrogens is 2. The van der Waals surface area contributed by atoms with Crippen LogP contribution in [0.3, 0.4) is 0 Å². The molecule has 1 aromatic carbocycles. The Hall–Kier alpha value is -2.27. The van der Waals surface area contributed by atoms with Gasteiger partial charge >= 0.3 is 0 Å². The number of carbonyl (C=O) groups is 1. The second-order valence-electron chi connectivity index (χ2n) is 5.27. The van der Waals surface area contributed by atoms with Crippen LogP contribution in [0.1, 0.15) is 0 Å². The number of hydrogen-bond donors (Lipinski definition) is 1. The molecule has 0 saturated heterocycles. The maximum atomic E-state index is 11.4. The van der Waals surface area contributed by atoms with Crippen LogP contribution >= 0.6 is 11.6 Å². The Kier molecular flexibility index (Phi) is 4.15. The zero-order valence-electron chi connectivity index (χ0n) is 12.1. The molecule has 0 saturated carbocycles. The molecule has 6 heteroatoms. The Morgan fingerprint density at radius 3 is 2.86 bits per heavy atom. The molecule has 1 amide bonds. The fourth-order valence-electron chi connectivity index (χ4n) is 2.65. The molecule has 2 heterocycles. The topological polar surface area (TPSA) is 50.2 Å². The molecule has 0 bridgehead atoms. The molecule has 3 rings (SSSR count). The first-order valence-corrected chi connectivity index (χ1v) is 7.50. The van der Waals surface area contributed by atoms with Gasteiger partial charge in [0.15, 0.2) is 0 Å². The van der Waals surface area contributed by atoms with E-state index >= 15 is 0 Å². The van der Waals surface area contributed by atoms with Crippen molar-refractivity contribution in [2.45, 2.75) is 6.54 Å². The van der Waals surface area contributed by atoms with Crippen LogP contribution in [0.15, 0.2) is 49.2 Å². The molecule has 0 spiro atoms. The molecule has 1 aromatic heterocycles. The maximum Gasteiger partial charge on any atom is 0.243 e. The molecule has 1 aliphatic heterocycles. The van der Waals surface area contributed by atoms with Gasteiger partial charge in [-0.05, 0) is 30.3 Å². The number of rotatable bonds is 4. The molecule has 0 radical (unpaired) electrons. The van der Waals surface area contributed by atoms with E-state index in [4.69, 9.17) is 11.6 Å². The van der Waals surface area contributed by atoms with Gasteiger partial charge in [-0.25, -0.2) is 4.68 Å². The van der Waals surface area contributed by atoms with E-state index in [9.17, 15) is 4.79 Å². The molecule has 0 fully saturated rings. The number of anilines is 2. The van der Waals surface area contributed by atoms with Gasteiger partial charge in [-0.3, -0.25) is 4.79 Å². The Balaban J connectivity index is 1.81. The summed E-state index contributed by atoms with van der Waals surface area (Å²) in [5, 5.41) is 7.94. The van der Waals surface area contributed by atoms with Gasteiger partial charge in [0, 0.05) is 42.3 Å². The second-order valence-corrected chi connectivity index (χ2v) is 5.71. The molecule has 5 nitrogen and oxygen atoms in total. The Bertz CT molecular complexity index is 680. The highest BCUT2D eigenvalue weighted by Gasteiger charge is 2.26. The summed E-state index contributed by atoms with van der Waals surface area (Å²) in [6, 6.07) is 9.73. The van der Waals surface area contributed by atoms with E-state index in [1.165, 1.54) is 6.08 Å². The van der Waals surface area contributed by atoms with E-state index in [0.29, 0.717) is 11.6 Å². The Morgan fingerprint density at radius 2 is 2.14 bits per heavy atom. The lowest BCUT2D eigenvalue weighted by molar-refractivity contribution is -0.116. The Labute approximate surface area is 134 Å². The average molecular weight is 317 g/mol. The predicted octanol–water partition coefficient (Wildman–Crippen LogP) is 2.61. The zero-order chi connectivity index (χ0) is 15.5. The van der Waals surface area contributed by atoms with Crippen molar-refractivity contribution >= 4 is 29.0 Å². The third-order valence-corrected chi connectivity index (χ3v) is 3.98. The van der Waals surface area contributed by atoms with Crippen LogP contribution in [-0.4, -0.2) is 28.8 Å². The summed E-state index contributed by atoms with van der Waals surface area (Å²) in [5.41, 5.74) is 1.06. The molecule has 114 valence electrons. The SMILES string of the molecule is C=CC(=O)NC[C@@H]1CN(c2ccc(Cl)cc2)c2ccnn2C1. The molecule has 1 aliphatic rings. The fraction of sp³-hybridized carbons (Fsp3) is 0.250. The number of carbonyl (C=O) groups excluding carboxylic acids is 1. The van der Waals surface area contributed by atoms with Crippen LogP contribution in [0.2, 0.25) is 5.02 Å². The molecule has 0 aliphatic carbocycles. The smallest absolute Gasteiger partial charge is 0.243 e.